The van der Waals surface area contributed by atoms with Gasteiger partial charge in [-0.2, -0.15) is 0 Å². The summed E-state index contributed by atoms with van der Waals surface area (Å²) >= 11 is 0. The molecule has 1 atom stereocenters. The van der Waals surface area contributed by atoms with Crippen molar-refractivity contribution in [3.8, 4) is 0 Å². The maximum atomic E-state index is 10.3. The number of carboxylic acids is 1. The maximum absolute atomic E-state index is 10.3. The first-order valence-corrected chi connectivity index (χ1v) is 3.58. The quantitative estimate of drug-likeness (QED) is 0.687. The molecule has 0 saturated heterocycles. The molecular weight excluding hydrogens is 156 g/mol. The van der Waals surface area contributed by atoms with E-state index in [1.54, 1.807) is 24.4 Å². The van der Waals surface area contributed by atoms with Crippen molar-refractivity contribution in [1.82, 2.24) is 4.98 Å². The molecule has 1 heterocycles. The van der Waals surface area contributed by atoms with E-state index in [-0.39, 0.29) is 6.42 Å². The van der Waals surface area contributed by atoms with Gasteiger partial charge in [-0.1, -0.05) is 6.07 Å². The molecule has 1 unspecified atom stereocenters. The van der Waals surface area contributed by atoms with Gasteiger partial charge in [0.05, 0.1) is 18.2 Å². The van der Waals surface area contributed by atoms with E-state index in [4.69, 9.17) is 10.8 Å². The molecule has 0 spiro atoms. The Morgan fingerprint density at radius 3 is 2.92 bits per heavy atom. The Morgan fingerprint density at radius 1 is 1.67 bits per heavy atom. The van der Waals surface area contributed by atoms with Crippen LogP contribution in [0.25, 0.3) is 0 Å². The van der Waals surface area contributed by atoms with E-state index < -0.39 is 12.0 Å². The third kappa shape index (κ3) is 2.32. The van der Waals surface area contributed by atoms with Crippen molar-refractivity contribution >= 4 is 5.97 Å². The van der Waals surface area contributed by atoms with Gasteiger partial charge in [0.1, 0.15) is 0 Å². The number of hydrogen-bond donors (Lipinski definition) is 2. The van der Waals surface area contributed by atoms with E-state index in [0.29, 0.717) is 5.69 Å². The van der Waals surface area contributed by atoms with Crippen LogP contribution >= 0.6 is 0 Å². The number of rotatable bonds is 3. The molecule has 0 amide bonds. The second-order valence-corrected chi connectivity index (χ2v) is 2.46. The molecule has 0 aliphatic heterocycles. The molecule has 0 fully saturated rings. The summed E-state index contributed by atoms with van der Waals surface area (Å²) in [5.74, 6) is -0.909. The van der Waals surface area contributed by atoms with Gasteiger partial charge in [0.15, 0.2) is 0 Å². The molecule has 4 heteroatoms. The predicted octanol–water partition coefficient (Wildman–Crippen LogP) is 0.556. The average Bonchev–Trinajstić information content (AvgIpc) is 2.05. The summed E-state index contributed by atoms with van der Waals surface area (Å²) in [7, 11) is 0. The topological polar surface area (TPSA) is 76.2 Å². The van der Waals surface area contributed by atoms with E-state index in [9.17, 15) is 4.79 Å². The fraction of sp³-hybridized carbons (Fsp3) is 0.250. The molecule has 0 aromatic carbocycles. The van der Waals surface area contributed by atoms with E-state index in [1.165, 1.54) is 0 Å². The van der Waals surface area contributed by atoms with Crippen LogP contribution in [0, 0.1) is 0 Å². The lowest BCUT2D eigenvalue weighted by Crippen LogP contribution is -2.15. The summed E-state index contributed by atoms with van der Waals surface area (Å²) in [5, 5.41) is 8.44. The van der Waals surface area contributed by atoms with Gasteiger partial charge in [-0.3, -0.25) is 9.78 Å². The number of carboxylic acid groups (broad SMARTS) is 1. The molecular formula is C8H10N2O2. The summed E-state index contributed by atoms with van der Waals surface area (Å²) in [6.07, 6.45) is 1.51. The van der Waals surface area contributed by atoms with Gasteiger partial charge in [0, 0.05) is 6.20 Å². The first-order chi connectivity index (χ1) is 5.70. The van der Waals surface area contributed by atoms with Crippen LogP contribution < -0.4 is 5.73 Å². The van der Waals surface area contributed by atoms with Gasteiger partial charge in [-0.25, -0.2) is 0 Å². The van der Waals surface area contributed by atoms with Gasteiger partial charge in [-0.05, 0) is 12.1 Å². The highest BCUT2D eigenvalue weighted by atomic mass is 16.4. The van der Waals surface area contributed by atoms with Crippen molar-refractivity contribution in [2.75, 3.05) is 0 Å². The largest absolute Gasteiger partial charge is 0.481 e. The number of aliphatic carboxylic acids is 1. The summed E-state index contributed by atoms with van der Waals surface area (Å²) < 4.78 is 0. The Hall–Kier alpha value is -1.42. The van der Waals surface area contributed by atoms with Crippen molar-refractivity contribution in [3.63, 3.8) is 0 Å². The van der Waals surface area contributed by atoms with Gasteiger partial charge in [0.25, 0.3) is 0 Å². The lowest BCUT2D eigenvalue weighted by Gasteiger charge is -2.06. The highest BCUT2D eigenvalue weighted by Crippen LogP contribution is 2.09. The number of carbonyl (C=O) groups is 1. The van der Waals surface area contributed by atoms with E-state index >= 15 is 0 Å². The van der Waals surface area contributed by atoms with Crippen molar-refractivity contribution in [3.05, 3.63) is 30.1 Å². The van der Waals surface area contributed by atoms with E-state index in [2.05, 4.69) is 4.98 Å². The Balaban J connectivity index is 2.65. The van der Waals surface area contributed by atoms with Crippen molar-refractivity contribution in [2.24, 2.45) is 5.73 Å². The van der Waals surface area contributed by atoms with Gasteiger partial charge >= 0.3 is 5.97 Å². The van der Waals surface area contributed by atoms with Crippen LogP contribution in [0.3, 0.4) is 0 Å². The average molecular weight is 166 g/mol. The van der Waals surface area contributed by atoms with Crippen LogP contribution in [0.4, 0.5) is 0 Å². The van der Waals surface area contributed by atoms with Gasteiger partial charge < -0.3 is 10.8 Å². The number of aromatic nitrogens is 1. The summed E-state index contributed by atoms with van der Waals surface area (Å²) in [4.78, 5) is 14.2. The molecule has 0 radical (unpaired) electrons. The van der Waals surface area contributed by atoms with Crippen LogP contribution in [-0.2, 0) is 4.79 Å². The van der Waals surface area contributed by atoms with Crippen LogP contribution in [-0.4, -0.2) is 16.1 Å². The fourth-order valence-electron chi connectivity index (χ4n) is 0.888. The second kappa shape index (κ2) is 3.82. The molecule has 4 nitrogen and oxygen atoms in total. The maximum Gasteiger partial charge on any atom is 0.305 e. The first kappa shape index (κ1) is 8.67. The standard InChI is InChI=1S/C8H10N2O2/c9-6(5-8(11)12)7-3-1-2-4-10-7/h1-4,6H,5,9H2,(H,11,12). The summed E-state index contributed by atoms with van der Waals surface area (Å²) in [6, 6.07) is 4.75. The van der Waals surface area contributed by atoms with Crippen LogP contribution in [0.2, 0.25) is 0 Å². The SMILES string of the molecule is NC(CC(=O)O)c1ccccn1. The van der Waals surface area contributed by atoms with Gasteiger partial charge in [-0.15, -0.1) is 0 Å². The summed E-state index contributed by atoms with van der Waals surface area (Å²) in [6.45, 7) is 0. The molecule has 1 aromatic heterocycles. The van der Waals surface area contributed by atoms with Crippen LogP contribution in [0.5, 0.6) is 0 Å². The second-order valence-electron chi connectivity index (χ2n) is 2.46. The molecule has 12 heavy (non-hydrogen) atoms. The number of nitrogens with two attached hydrogens (primary N) is 1. The number of pyridine rings is 1. The molecule has 0 bridgehead atoms. The zero-order valence-electron chi connectivity index (χ0n) is 6.47. The van der Waals surface area contributed by atoms with Crippen molar-refractivity contribution in [1.29, 1.82) is 0 Å². The highest BCUT2D eigenvalue weighted by molar-refractivity contribution is 5.67. The minimum absolute atomic E-state index is 0.0863. The molecule has 64 valence electrons. The fourth-order valence-corrected chi connectivity index (χ4v) is 0.888. The Kier molecular flexibility index (Phi) is 2.76. The molecule has 3 N–H and O–H groups in total. The minimum Gasteiger partial charge on any atom is -0.481 e. The third-order valence-corrected chi connectivity index (χ3v) is 1.46. The van der Waals surface area contributed by atoms with Crippen molar-refractivity contribution in [2.45, 2.75) is 12.5 Å². The normalized spacial score (nSPS) is 12.4. The summed E-state index contributed by atoms with van der Waals surface area (Å²) in [5.41, 5.74) is 6.16. The molecule has 1 aromatic rings. The van der Waals surface area contributed by atoms with E-state index in [0.717, 1.165) is 0 Å². The Labute approximate surface area is 70.0 Å². The third-order valence-electron chi connectivity index (χ3n) is 1.46. The zero-order valence-corrected chi connectivity index (χ0v) is 6.47. The number of nitrogens with zero attached hydrogens (tertiary/aromatic N) is 1. The zero-order chi connectivity index (χ0) is 8.97. The first-order valence-electron chi connectivity index (χ1n) is 3.58. The van der Waals surface area contributed by atoms with Crippen LogP contribution in [0.15, 0.2) is 24.4 Å². The monoisotopic (exact) mass is 166 g/mol. The molecule has 0 saturated carbocycles. The van der Waals surface area contributed by atoms with Crippen LogP contribution in [0.1, 0.15) is 18.2 Å². The van der Waals surface area contributed by atoms with E-state index in [1.807, 2.05) is 0 Å². The number of hydrogen-bond acceptors (Lipinski definition) is 3. The lowest BCUT2D eigenvalue weighted by atomic mass is 10.1. The Morgan fingerprint density at radius 2 is 2.42 bits per heavy atom. The minimum atomic E-state index is -0.909. The predicted molar refractivity (Wildman–Crippen MR) is 43.4 cm³/mol. The lowest BCUT2D eigenvalue weighted by molar-refractivity contribution is -0.137. The molecule has 0 aliphatic carbocycles. The smallest absolute Gasteiger partial charge is 0.305 e. The van der Waals surface area contributed by atoms with Crippen molar-refractivity contribution < 1.29 is 9.90 Å². The van der Waals surface area contributed by atoms with Gasteiger partial charge in [0.2, 0.25) is 0 Å². The molecule has 1 rings (SSSR count). The highest BCUT2D eigenvalue weighted by Gasteiger charge is 2.10. The molecule has 0 aliphatic rings. The Bertz CT molecular complexity index is 261.